The fourth-order valence-electron chi connectivity index (χ4n) is 1.83. The minimum Gasteiger partial charge on any atom is -0.377 e. The molecule has 0 aliphatic carbocycles. The monoisotopic (exact) mass is 362 g/mol. The van der Waals surface area contributed by atoms with Crippen LogP contribution in [-0.2, 0) is 6.18 Å². The molecular weight excluding hydrogens is 352 g/mol. The highest BCUT2D eigenvalue weighted by molar-refractivity contribution is 9.10. The molecule has 1 N–H and O–H groups in total. The fraction of sp³-hybridized carbons (Fsp3) is 0.214. The molecule has 21 heavy (non-hydrogen) atoms. The third kappa shape index (κ3) is 3.93. The lowest BCUT2D eigenvalue weighted by Crippen LogP contribution is -2.11. The predicted octanol–water partition coefficient (Wildman–Crippen LogP) is 5.18. The van der Waals surface area contributed by atoms with E-state index in [4.69, 9.17) is 0 Å². The van der Waals surface area contributed by atoms with Crippen molar-refractivity contribution in [2.24, 2.45) is 0 Å². The van der Waals surface area contributed by atoms with Crippen LogP contribution >= 0.6 is 15.9 Å². The molecule has 0 amide bonds. The molecular formula is C14H11BrF4N2. The van der Waals surface area contributed by atoms with Gasteiger partial charge in [0.05, 0.1) is 17.9 Å². The van der Waals surface area contributed by atoms with E-state index >= 15 is 0 Å². The molecule has 7 heteroatoms. The maximum Gasteiger partial charge on any atom is 0.433 e. The van der Waals surface area contributed by atoms with Crippen molar-refractivity contribution in [1.29, 1.82) is 0 Å². The second kappa shape index (κ2) is 6.01. The number of halogens is 5. The number of alkyl halides is 3. The first-order valence-electron chi connectivity index (χ1n) is 6.02. The summed E-state index contributed by atoms with van der Waals surface area (Å²) >= 11 is 3.16. The Kier molecular flexibility index (Phi) is 4.51. The van der Waals surface area contributed by atoms with Crippen molar-refractivity contribution in [2.75, 3.05) is 5.32 Å². The number of aromatic nitrogens is 1. The largest absolute Gasteiger partial charge is 0.433 e. The van der Waals surface area contributed by atoms with E-state index in [0.717, 1.165) is 12.3 Å². The minimum atomic E-state index is -4.47. The van der Waals surface area contributed by atoms with Crippen LogP contribution in [-0.4, -0.2) is 4.98 Å². The molecule has 1 atom stereocenters. The quantitative estimate of drug-likeness (QED) is 0.761. The van der Waals surface area contributed by atoms with Gasteiger partial charge in [0.15, 0.2) is 0 Å². The zero-order chi connectivity index (χ0) is 15.6. The van der Waals surface area contributed by atoms with Crippen LogP contribution in [0.1, 0.15) is 24.2 Å². The van der Waals surface area contributed by atoms with Crippen molar-refractivity contribution in [2.45, 2.75) is 19.1 Å². The Morgan fingerprint density at radius 1 is 1.19 bits per heavy atom. The molecule has 2 nitrogen and oxygen atoms in total. The SMILES string of the molecule is CC(Nc1ccc(C(F)(F)F)nc1)c1ccc(Br)cc1F. The summed E-state index contributed by atoms with van der Waals surface area (Å²) in [6.07, 6.45) is -3.39. The molecule has 1 aromatic heterocycles. The van der Waals surface area contributed by atoms with Gasteiger partial charge in [-0.3, -0.25) is 0 Å². The van der Waals surface area contributed by atoms with Gasteiger partial charge < -0.3 is 5.32 Å². The van der Waals surface area contributed by atoms with Gasteiger partial charge in [-0.2, -0.15) is 13.2 Å². The summed E-state index contributed by atoms with van der Waals surface area (Å²) < 4.78 is 51.6. The minimum absolute atomic E-state index is 0.387. The molecule has 0 saturated heterocycles. The molecule has 1 unspecified atom stereocenters. The molecule has 1 aromatic carbocycles. The van der Waals surface area contributed by atoms with E-state index in [0.29, 0.717) is 15.7 Å². The predicted molar refractivity (Wildman–Crippen MR) is 75.4 cm³/mol. The van der Waals surface area contributed by atoms with E-state index in [-0.39, 0.29) is 0 Å². The Balaban J connectivity index is 2.14. The van der Waals surface area contributed by atoms with E-state index in [1.807, 2.05) is 0 Å². The second-order valence-corrected chi connectivity index (χ2v) is 5.38. The van der Waals surface area contributed by atoms with Crippen LogP contribution in [0.5, 0.6) is 0 Å². The highest BCUT2D eigenvalue weighted by Crippen LogP contribution is 2.29. The van der Waals surface area contributed by atoms with Crippen LogP contribution in [0, 0.1) is 5.82 Å². The molecule has 112 valence electrons. The summed E-state index contributed by atoms with van der Waals surface area (Å²) in [5, 5.41) is 2.91. The van der Waals surface area contributed by atoms with Crippen LogP contribution in [0.15, 0.2) is 41.0 Å². The Labute approximate surface area is 127 Å². The van der Waals surface area contributed by atoms with Gasteiger partial charge in [-0.1, -0.05) is 22.0 Å². The summed E-state index contributed by atoms with van der Waals surface area (Å²) in [6.45, 7) is 1.71. The first kappa shape index (κ1) is 15.8. The summed E-state index contributed by atoms with van der Waals surface area (Å²) in [5.41, 5.74) is -0.161. The summed E-state index contributed by atoms with van der Waals surface area (Å²) in [7, 11) is 0. The Morgan fingerprint density at radius 3 is 2.43 bits per heavy atom. The number of hydrogen-bond donors (Lipinski definition) is 1. The standard InChI is InChI=1S/C14H11BrF4N2/c1-8(11-4-2-9(15)6-12(11)16)21-10-3-5-13(20-7-10)14(17,18)19/h2-8,21H,1H3. The van der Waals surface area contributed by atoms with Crippen LogP contribution in [0.2, 0.25) is 0 Å². The van der Waals surface area contributed by atoms with Crippen molar-refractivity contribution >= 4 is 21.6 Å². The van der Waals surface area contributed by atoms with Crippen molar-refractivity contribution in [3.63, 3.8) is 0 Å². The lowest BCUT2D eigenvalue weighted by Gasteiger charge is -2.16. The maximum absolute atomic E-state index is 13.8. The lowest BCUT2D eigenvalue weighted by atomic mass is 10.1. The highest BCUT2D eigenvalue weighted by Gasteiger charge is 2.32. The van der Waals surface area contributed by atoms with Gasteiger partial charge in [-0.05, 0) is 31.2 Å². The summed E-state index contributed by atoms with van der Waals surface area (Å²) in [5.74, 6) is -0.399. The number of nitrogens with one attached hydrogen (secondary N) is 1. The van der Waals surface area contributed by atoms with E-state index in [9.17, 15) is 17.6 Å². The van der Waals surface area contributed by atoms with Gasteiger partial charge in [-0.25, -0.2) is 9.37 Å². The maximum atomic E-state index is 13.8. The van der Waals surface area contributed by atoms with E-state index in [1.54, 1.807) is 19.1 Å². The number of nitrogens with zero attached hydrogens (tertiary/aromatic N) is 1. The van der Waals surface area contributed by atoms with Gasteiger partial charge in [0.25, 0.3) is 0 Å². The van der Waals surface area contributed by atoms with Crippen molar-refractivity contribution in [1.82, 2.24) is 4.98 Å². The average molecular weight is 363 g/mol. The van der Waals surface area contributed by atoms with Crippen LogP contribution in [0.25, 0.3) is 0 Å². The average Bonchev–Trinajstić information content (AvgIpc) is 2.38. The molecule has 0 aliphatic rings. The van der Waals surface area contributed by atoms with Crippen molar-refractivity contribution in [3.8, 4) is 0 Å². The normalized spacial score (nSPS) is 13.0. The molecule has 0 fully saturated rings. The summed E-state index contributed by atoms with van der Waals surface area (Å²) in [4.78, 5) is 3.34. The second-order valence-electron chi connectivity index (χ2n) is 4.46. The number of pyridine rings is 1. The van der Waals surface area contributed by atoms with E-state index in [2.05, 4.69) is 26.2 Å². The number of anilines is 1. The molecule has 0 saturated carbocycles. The van der Waals surface area contributed by atoms with E-state index < -0.39 is 23.7 Å². The molecule has 2 aromatic rings. The Bertz CT molecular complexity index is 626. The van der Waals surface area contributed by atoms with Gasteiger partial charge in [0, 0.05) is 10.0 Å². The number of rotatable bonds is 3. The number of hydrogen-bond acceptors (Lipinski definition) is 2. The van der Waals surface area contributed by atoms with E-state index in [1.165, 1.54) is 12.1 Å². The molecule has 0 spiro atoms. The molecule has 0 bridgehead atoms. The first-order chi connectivity index (χ1) is 9.77. The molecule has 0 radical (unpaired) electrons. The Hall–Kier alpha value is -1.63. The van der Waals surface area contributed by atoms with Gasteiger partial charge in [-0.15, -0.1) is 0 Å². The fourth-order valence-corrected chi connectivity index (χ4v) is 2.16. The smallest absolute Gasteiger partial charge is 0.377 e. The highest BCUT2D eigenvalue weighted by atomic mass is 79.9. The number of benzene rings is 1. The van der Waals surface area contributed by atoms with Gasteiger partial charge in [0.2, 0.25) is 0 Å². The van der Waals surface area contributed by atoms with Gasteiger partial charge in [0.1, 0.15) is 11.5 Å². The third-order valence-corrected chi connectivity index (χ3v) is 3.36. The topological polar surface area (TPSA) is 24.9 Å². The zero-order valence-electron chi connectivity index (χ0n) is 10.9. The molecule has 0 aliphatic heterocycles. The van der Waals surface area contributed by atoms with Crippen molar-refractivity contribution < 1.29 is 17.6 Å². The lowest BCUT2D eigenvalue weighted by molar-refractivity contribution is -0.141. The zero-order valence-corrected chi connectivity index (χ0v) is 12.5. The first-order valence-corrected chi connectivity index (χ1v) is 6.81. The van der Waals surface area contributed by atoms with Crippen LogP contribution in [0.4, 0.5) is 23.2 Å². The van der Waals surface area contributed by atoms with Crippen LogP contribution < -0.4 is 5.32 Å². The molecule has 2 rings (SSSR count). The Morgan fingerprint density at radius 2 is 1.90 bits per heavy atom. The van der Waals surface area contributed by atoms with Crippen LogP contribution in [0.3, 0.4) is 0 Å². The molecule has 1 heterocycles. The van der Waals surface area contributed by atoms with Crippen molar-refractivity contribution in [3.05, 3.63) is 58.1 Å². The third-order valence-electron chi connectivity index (χ3n) is 2.87. The summed E-state index contributed by atoms with van der Waals surface area (Å²) in [6, 6.07) is 6.38. The van der Waals surface area contributed by atoms with Gasteiger partial charge >= 0.3 is 6.18 Å².